The van der Waals surface area contributed by atoms with Crippen LogP contribution in [-0.4, -0.2) is 44.4 Å². The molecule has 1 atom stereocenters. The van der Waals surface area contributed by atoms with Crippen molar-refractivity contribution >= 4 is 28.4 Å². The zero-order valence-electron chi connectivity index (χ0n) is 15.6. The van der Waals surface area contributed by atoms with Crippen LogP contribution in [0.5, 0.6) is 0 Å². The van der Waals surface area contributed by atoms with Gasteiger partial charge in [-0.05, 0) is 30.9 Å². The van der Waals surface area contributed by atoms with Gasteiger partial charge < -0.3 is 9.47 Å². The number of benzene rings is 1. The first kappa shape index (κ1) is 18.5. The molecule has 1 aliphatic rings. The lowest BCUT2D eigenvalue weighted by molar-refractivity contribution is -0.130. The quantitative estimate of drug-likeness (QED) is 0.605. The third-order valence-corrected chi connectivity index (χ3v) is 5.84. The summed E-state index contributed by atoms with van der Waals surface area (Å²) in [5.41, 5.74) is 0.842. The second-order valence-corrected chi connectivity index (χ2v) is 8.18. The van der Waals surface area contributed by atoms with E-state index >= 15 is 0 Å². The van der Waals surface area contributed by atoms with Gasteiger partial charge in [-0.15, -0.1) is 10.2 Å². The maximum atomic E-state index is 13.0. The molecule has 8 heteroatoms. The molecule has 0 saturated carbocycles. The number of thioether (sulfide) groups is 1. The van der Waals surface area contributed by atoms with Crippen LogP contribution in [0.4, 0.5) is 0 Å². The van der Waals surface area contributed by atoms with E-state index in [0.717, 1.165) is 35.9 Å². The highest BCUT2D eigenvalue weighted by Gasteiger charge is 2.19. The molecule has 0 unspecified atom stereocenters. The molecule has 0 N–H and O–H groups in total. The molecule has 144 valence electrons. The van der Waals surface area contributed by atoms with Crippen LogP contribution in [0.2, 0.25) is 0 Å². The van der Waals surface area contributed by atoms with Gasteiger partial charge >= 0.3 is 0 Å². The van der Waals surface area contributed by atoms with Crippen molar-refractivity contribution in [2.45, 2.75) is 44.5 Å². The van der Waals surface area contributed by atoms with Crippen molar-refractivity contribution in [3.63, 3.8) is 0 Å². The highest BCUT2D eigenvalue weighted by molar-refractivity contribution is 7.99. The minimum atomic E-state index is -0.00420. The van der Waals surface area contributed by atoms with E-state index in [-0.39, 0.29) is 11.7 Å². The molecule has 7 nitrogen and oxygen atoms in total. The molecular weight excluding hydrogens is 364 g/mol. The van der Waals surface area contributed by atoms with Gasteiger partial charge in [-0.3, -0.25) is 13.8 Å². The number of hydrogen-bond acceptors (Lipinski definition) is 6. The predicted molar refractivity (Wildman–Crippen MR) is 105 cm³/mol. The van der Waals surface area contributed by atoms with Crippen molar-refractivity contribution < 1.29 is 9.47 Å². The predicted octanol–water partition coefficient (Wildman–Crippen LogP) is 2.95. The Morgan fingerprint density at radius 3 is 2.93 bits per heavy atom. The number of fused-ring (bicyclic) bond motifs is 3. The van der Waals surface area contributed by atoms with Crippen molar-refractivity contribution in [3.8, 4) is 0 Å². The highest BCUT2D eigenvalue weighted by atomic mass is 32.2. The van der Waals surface area contributed by atoms with Crippen LogP contribution < -0.4 is 5.56 Å². The second kappa shape index (κ2) is 8.00. The Balaban J connectivity index is 1.76. The summed E-state index contributed by atoms with van der Waals surface area (Å²) in [7, 11) is 0. The lowest BCUT2D eigenvalue weighted by Gasteiger charge is -2.21. The average Bonchev–Trinajstić information content (AvgIpc) is 3.11. The van der Waals surface area contributed by atoms with Crippen LogP contribution >= 0.6 is 11.8 Å². The van der Waals surface area contributed by atoms with Gasteiger partial charge in [0, 0.05) is 12.3 Å². The Morgan fingerprint density at radius 1 is 1.30 bits per heavy atom. The normalized spacial score (nSPS) is 18.0. The fraction of sp³-hybridized carbons (Fsp3) is 0.526. The van der Waals surface area contributed by atoms with Crippen LogP contribution in [0.1, 0.15) is 26.7 Å². The summed E-state index contributed by atoms with van der Waals surface area (Å²) in [6, 6.07) is 7.67. The topological polar surface area (TPSA) is 70.7 Å². The van der Waals surface area contributed by atoms with E-state index in [9.17, 15) is 4.79 Å². The second-order valence-electron chi connectivity index (χ2n) is 7.19. The number of aryl methyl sites for hydroxylation is 1. The molecule has 0 bridgehead atoms. The minimum Gasteiger partial charge on any atom is -0.355 e. The molecule has 0 spiro atoms. The van der Waals surface area contributed by atoms with Crippen LogP contribution in [0.15, 0.2) is 34.2 Å². The maximum Gasteiger partial charge on any atom is 0.262 e. The Morgan fingerprint density at radius 2 is 2.15 bits per heavy atom. The van der Waals surface area contributed by atoms with E-state index in [1.54, 1.807) is 16.3 Å². The Bertz CT molecular complexity index is 992. The van der Waals surface area contributed by atoms with Crippen molar-refractivity contribution in [1.29, 1.82) is 0 Å². The molecular formula is C19H24N4O3S. The molecule has 0 amide bonds. The molecule has 2 aromatic heterocycles. The van der Waals surface area contributed by atoms with Gasteiger partial charge in [0.15, 0.2) is 5.16 Å². The molecule has 3 aromatic rings. The largest absolute Gasteiger partial charge is 0.355 e. The zero-order chi connectivity index (χ0) is 18.8. The third-order valence-electron chi connectivity index (χ3n) is 4.78. The summed E-state index contributed by atoms with van der Waals surface area (Å²) in [5.74, 6) is 1.89. The van der Waals surface area contributed by atoms with Crippen molar-refractivity contribution in [1.82, 2.24) is 19.2 Å². The number of aromatic nitrogens is 4. The Hall–Kier alpha value is -1.90. The molecule has 1 aliphatic heterocycles. The van der Waals surface area contributed by atoms with Gasteiger partial charge in [-0.1, -0.05) is 37.7 Å². The molecule has 1 saturated heterocycles. The van der Waals surface area contributed by atoms with Gasteiger partial charge in [0.1, 0.15) is 6.79 Å². The summed E-state index contributed by atoms with van der Waals surface area (Å²) in [4.78, 5) is 13.0. The van der Waals surface area contributed by atoms with Gasteiger partial charge in [0.25, 0.3) is 5.56 Å². The van der Waals surface area contributed by atoms with E-state index in [2.05, 4.69) is 24.0 Å². The SMILES string of the molecule is CC(C)CCn1c(=O)c2ccccc2n2c(SC[C@H]3CCOCO3)nnc12. The summed E-state index contributed by atoms with van der Waals surface area (Å²) in [6.07, 6.45) is 1.94. The Labute approximate surface area is 161 Å². The van der Waals surface area contributed by atoms with Gasteiger partial charge in [-0.25, -0.2) is 0 Å². The minimum absolute atomic E-state index is 0.00420. The van der Waals surface area contributed by atoms with Gasteiger partial charge in [0.05, 0.1) is 23.6 Å². The van der Waals surface area contributed by atoms with Crippen molar-refractivity contribution in [2.24, 2.45) is 5.92 Å². The third kappa shape index (κ3) is 3.74. The lowest BCUT2D eigenvalue weighted by atomic mass is 10.1. The standard InChI is InChI=1S/C19H24N4O3S/c1-13(2)7-9-22-17(24)15-5-3-4-6-16(15)23-18(22)20-21-19(23)27-11-14-8-10-25-12-26-14/h3-6,13-14H,7-12H2,1-2H3/t14-/m1/s1. The zero-order valence-corrected chi connectivity index (χ0v) is 16.4. The first-order chi connectivity index (χ1) is 13.1. The number of nitrogens with zero attached hydrogens (tertiary/aromatic N) is 4. The Kier molecular flexibility index (Phi) is 5.47. The summed E-state index contributed by atoms with van der Waals surface area (Å²) in [6.45, 7) is 6.02. The monoisotopic (exact) mass is 388 g/mol. The highest BCUT2D eigenvalue weighted by Crippen LogP contribution is 2.24. The van der Waals surface area contributed by atoms with Crippen molar-refractivity contribution in [3.05, 3.63) is 34.6 Å². The first-order valence-corrected chi connectivity index (χ1v) is 10.3. The van der Waals surface area contributed by atoms with Gasteiger partial charge in [0.2, 0.25) is 5.78 Å². The van der Waals surface area contributed by atoms with E-state index in [1.165, 1.54) is 0 Å². The van der Waals surface area contributed by atoms with Crippen LogP contribution in [0.25, 0.3) is 16.7 Å². The molecule has 1 fully saturated rings. The molecule has 0 radical (unpaired) electrons. The fourth-order valence-electron chi connectivity index (χ4n) is 3.22. The van der Waals surface area contributed by atoms with E-state index in [0.29, 0.717) is 30.4 Å². The average molecular weight is 388 g/mol. The molecule has 3 heterocycles. The van der Waals surface area contributed by atoms with E-state index < -0.39 is 0 Å². The summed E-state index contributed by atoms with van der Waals surface area (Å²) >= 11 is 1.61. The van der Waals surface area contributed by atoms with Crippen LogP contribution in [-0.2, 0) is 16.0 Å². The molecule has 1 aromatic carbocycles. The van der Waals surface area contributed by atoms with Crippen LogP contribution in [0, 0.1) is 5.92 Å². The molecule has 4 rings (SSSR count). The first-order valence-electron chi connectivity index (χ1n) is 9.34. The molecule has 0 aliphatic carbocycles. The number of para-hydroxylation sites is 1. The van der Waals surface area contributed by atoms with Crippen LogP contribution in [0.3, 0.4) is 0 Å². The number of hydrogen-bond donors (Lipinski definition) is 0. The smallest absolute Gasteiger partial charge is 0.262 e. The van der Waals surface area contributed by atoms with Crippen molar-refractivity contribution in [2.75, 3.05) is 19.2 Å². The number of rotatable bonds is 6. The lowest BCUT2D eigenvalue weighted by Crippen LogP contribution is -2.26. The van der Waals surface area contributed by atoms with E-state index in [4.69, 9.17) is 9.47 Å². The molecule has 27 heavy (non-hydrogen) atoms. The summed E-state index contributed by atoms with van der Waals surface area (Å²) in [5, 5.41) is 10.2. The summed E-state index contributed by atoms with van der Waals surface area (Å²) < 4.78 is 14.6. The van der Waals surface area contributed by atoms with Gasteiger partial charge in [-0.2, -0.15) is 0 Å². The number of ether oxygens (including phenoxy) is 2. The fourth-order valence-corrected chi connectivity index (χ4v) is 4.22. The van der Waals surface area contributed by atoms with E-state index in [1.807, 2.05) is 28.7 Å². The maximum absolute atomic E-state index is 13.0.